The lowest BCUT2D eigenvalue weighted by molar-refractivity contribution is -0.207. The summed E-state index contributed by atoms with van der Waals surface area (Å²) >= 11 is 0. The summed E-state index contributed by atoms with van der Waals surface area (Å²) in [4.78, 5) is 39.2. The van der Waals surface area contributed by atoms with Gasteiger partial charge in [0.05, 0.1) is 18.9 Å². The van der Waals surface area contributed by atoms with Crippen LogP contribution in [0.4, 0.5) is 18.9 Å². The van der Waals surface area contributed by atoms with Gasteiger partial charge in [0, 0.05) is 12.6 Å². The van der Waals surface area contributed by atoms with Crippen LogP contribution >= 0.6 is 0 Å². The van der Waals surface area contributed by atoms with Crippen molar-refractivity contribution in [3.8, 4) is 0 Å². The number of carbonyl (C=O) groups is 3. The van der Waals surface area contributed by atoms with Crippen LogP contribution in [0.25, 0.3) is 0 Å². The summed E-state index contributed by atoms with van der Waals surface area (Å²) in [5.41, 5.74) is -5.63. The summed E-state index contributed by atoms with van der Waals surface area (Å²) in [6.45, 7) is 2.34. The zero-order valence-electron chi connectivity index (χ0n) is 15.8. The molecule has 0 unspecified atom stereocenters. The van der Waals surface area contributed by atoms with Gasteiger partial charge in [-0.25, -0.2) is 9.59 Å². The van der Waals surface area contributed by atoms with Gasteiger partial charge in [-0.2, -0.15) is 13.2 Å². The summed E-state index contributed by atoms with van der Waals surface area (Å²) in [5.74, 6) is -3.93. The maximum Gasteiger partial charge on any atom is 0.407 e. The normalized spacial score (nSPS) is 25.2. The molecule has 0 radical (unpaired) electrons. The number of alkyl halides is 3. The van der Waals surface area contributed by atoms with E-state index in [1.54, 1.807) is 0 Å². The molecule has 29 heavy (non-hydrogen) atoms. The number of hydrogen-bond donors (Lipinski definition) is 1. The van der Waals surface area contributed by atoms with Crippen molar-refractivity contribution >= 4 is 23.5 Å². The van der Waals surface area contributed by atoms with Crippen molar-refractivity contribution in [2.45, 2.75) is 37.4 Å². The van der Waals surface area contributed by atoms with Crippen LogP contribution in [0.3, 0.4) is 0 Å². The van der Waals surface area contributed by atoms with Crippen LogP contribution < -0.4 is 10.2 Å². The molecule has 3 rings (SSSR count). The Hall–Kier alpha value is -2.66. The summed E-state index contributed by atoms with van der Waals surface area (Å²) in [7, 11) is 1.28. The second-order valence-corrected chi connectivity index (χ2v) is 6.46. The molecule has 1 N–H and O–H groups in total. The van der Waals surface area contributed by atoms with E-state index in [4.69, 9.17) is 14.2 Å². The van der Waals surface area contributed by atoms with Gasteiger partial charge < -0.3 is 19.1 Å². The number of hydrogen-bond acceptors (Lipinski definition) is 7. The number of fused-ring (bicyclic) bond motifs is 2. The lowest BCUT2D eigenvalue weighted by Crippen LogP contribution is -2.60. The minimum Gasteiger partial charge on any atom is -0.462 e. The molecule has 1 saturated heterocycles. The highest BCUT2D eigenvalue weighted by Gasteiger charge is 2.76. The van der Waals surface area contributed by atoms with Crippen molar-refractivity contribution < 1.29 is 41.8 Å². The van der Waals surface area contributed by atoms with E-state index in [-0.39, 0.29) is 24.5 Å². The predicted octanol–water partition coefficient (Wildman–Crippen LogP) is 1.23. The fourth-order valence-electron chi connectivity index (χ4n) is 3.63. The number of amides is 1. The standard InChI is InChI=1S/C18H19F3N2O6/c1-4-27-14(25)17(15(26)28-5-2)22-12(18(19,20)21)16(29-17)10-8-6-7-9-11(10)23(3)13(16)24/h6-9,12,22H,4-5H2,1-3H3/t12-,16+/m1/s1. The van der Waals surface area contributed by atoms with Gasteiger partial charge in [-0.1, -0.05) is 18.2 Å². The van der Waals surface area contributed by atoms with Crippen molar-refractivity contribution in [3.05, 3.63) is 29.8 Å². The summed E-state index contributed by atoms with van der Waals surface area (Å²) in [6, 6.07) is 2.98. The Balaban J connectivity index is 2.26. The Morgan fingerprint density at radius 3 is 2.24 bits per heavy atom. The van der Waals surface area contributed by atoms with Gasteiger partial charge >= 0.3 is 23.8 Å². The van der Waals surface area contributed by atoms with E-state index in [0.29, 0.717) is 0 Å². The second kappa shape index (κ2) is 6.99. The van der Waals surface area contributed by atoms with E-state index in [2.05, 4.69) is 0 Å². The van der Waals surface area contributed by atoms with Gasteiger partial charge in [0.2, 0.25) is 5.60 Å². The Kier molecular flexibility index (Phi) is 5.08. The first-order chi connectivity index (χ1) is 13.6. The van der Waals surface area contributed by atoms with E-state index in [1.165, 1.54) is 45.2 Å². The first kappa shape index (κ1) is 21.1. The minimum atomic E-state index is -5.06. The first-order valence-electron chi connectivity index (χ1n) is 8.83. The summed E-state index contributed by atoms with van der Waals surface area (Å²) < 4.78 is 57.3. The lowest BCUT2D eigenvalue weighted by Gasteiger charge is -2.30. The zero-order valence-corrected chi connectivity index (χ0v) is 15.8. The summed E-state index contributed by atoms with van der Waals surface area (Å²) in [5, 5.41) is 1.89. The molecule has 1 amide bonds. The maximum atomic E-state index is 14.1. The van der Waals surface area contributed by atoms with Crippen LogP contribution in [0.1, 0.15) is 19.4 Å². The van der Waals surface area contributed by atoms with Crippen LogP contribution in [-0.4, -0.2) is 56.1 Å². The van der Waals surface area contributed by atoms with E-state index >= 15 is 0 Å². The molecule has 11 heteroatoms. The molecule has 158 valence electrons. The topological polar surface area (TPSA) is 94.2 Å². The maximum absolute atomic E-state index is 14.1. The van der Waals surface area contributed by atoms with Crippen LogP contribution in [0.5, 0.6) is 0 Å². The second-order valence-electron chi connectivity index (χ2n) is 6.46. The number of esters is 2. The summed E-state index contributed by atoms with van der Waals surface area (Å²) in [6.07, 6.45) is -5.06. The Labute approximate surface area is 163 Å². The fourth-order valence-corrected chi connectivity index (χ4v) is 3.63. The molecule has 0 aromatic heterocycles. The Morgan fingerprint density at radius 1 is 1.17 bits per heavy atom. The van der Waals surface area contributed by atoms with Crippen molar-refractivity contribution in [2.24, 2.45) is 0 Å². The number of rotatable bonds is 4. The molecule has 1 aromatic carbocycles. The van der Waals surface area contributed by atoms with Gasteiger partial charge in [0.15, 0.2) is 0 Å². The van der Waals surface area contributed by atoms with E-state index < -0.39 is 41.4 Å². The minimum absolute atomic E-state index is 0.127. The zero-order chi connectivity index (χ0) is 21.6. The smallest absolute Gasteiger partial charge is 0.407 e. The molecule has 1 spiro atoms. The van der Waals surface area contributed by atoms with Gasteiger partial charge in [-0.05, 0) is 19.9 Å². The highest BCUT2D eigenvalue weighted by molar-refractivity contribution is 6.10. The van der Waals surface area contributed by atoms with Crippen LogP contribution in [0.2, 0.25) is 0 Å². The fraction of sp³-hybridized carbons (Fsp3) is 0.500. The lowest BCUT2D eigenvalue weighted by atomic mass is 9.87. The van der Waals surface area contributed by atoms with Crippen LogP contribution in [0.15, 0.2) is 24.3 Å². The van der Waals surface area contributed by atoms with Gasteiger partial charge in [-0.15, -0.1) is 0 Å². The number of carbonyl (C=O) groups excluding carboxylic acids is 3. The number of para-hydroxylation sites is 1. The molecule has 2 aliphatic heterocycles. The van der Waals surface area contributed by atoms with Crippen molar-refractivity contribution in [1.82, 2.24) is 5.32 Å². The number of ether oxygens (including phenoxy) is 3. The number of likely N-dealkylation sites (N-methyl/N-ethyl adjacent to an activating group) is 1. The first-order valence-corrected chi connectivity index (χ1v) is 8.83. The Bertz CT molecular complexity index is 840. The quantitative estimate of drug-likeness (QED) is 0.583. The number of nitrogens with zero attached hydrogens (tertiary/aromatic N) is 1. The number of halogens is 3. The van der Waals surface area contributed by atoms with Gasteiger partial charge in [0.25, 0.3) is 5.91 Å². The van der Waals surface area contributed by atoms with Crippen LogP contribution in [-0.2, 0) is 34.2 Å². The predicted molar refractivity (Wildman–Crippen MR) is 91.6 cm³/mol. The molecule has 0 bridgehead atoms. The molecule has 8 nitrogen and oxygen atoms in total. The third-order valence-corrected chi connectivity index (χ3v) is 4.81. The monoisotopic (exact) mass is 416 g/mol. The Morgan fingerprint density at radius 2 is 1.72 bits per heavy atom. The van der Waals surface area contributed by atoms with Gasteiger partial charge in [-0.3, -0.25) is 10.1 Å². The third kappa shape index (κ3) is 2.87. The highest BCUT2D eigenvalue weighted by atomic mass is 19.4. The van der Waals surface area contributed by atoms with Gasteiger partial charge in [0.1, 0.15) is 6.04 Å². The van der Waals surface area contributed by atoms with Crippen molar-refractivity contribution in [2.75, 3.05) is 25.2 Å². The van der Waals surface area contributed by atoms with E-state index in [0.717, 1.165) is 4.90 Å². The van der Waals surface area contributed by atoms with E-state index in [9.17, 15) is 27.6 Å². The molecule has 2 heterocycles. The molecule has 0 aliphatic carbocycles. The largest absolute Gasteiger partial charge is 0.462 e. The molecule has 1 aromatic rings. The van der Waals surface area contributed by atoms with Crippen molar-refractivity contribution in [1.29, 1.82) is 0 Å². The van der Waals surface area contributed by atoms with Crippen molar-refractivity contribution in [3.63, 3.8) is 0 Å². The number of anilines is 1. The molecular formula is C18H19F3N2O6. The molecule has 1 fully saturated rings. The number of nitrogens with one attached hydrogen (secondary N) is 1. The molecular weight excluding hydrogens is 397 g/mol. The third-order valence-electron chi connectivity index (χ3n) is 4.81. The van der Waals surface area contributed by atoms with Crippen LogP contribution in [0, 0.1) is 0 Å². The molecule has 2 aliphatic rings. The van der Waals surface area contributed by atoms with E-state index in [1.807, 2.05) is 5.32 Å². The average molecular weight is 416 g/mol. The SMILES string of the molecule is CCOC(=O)C1(C(=O)OCC)N[C@@H](C(F)(F)F)[C@]2(O1)C(=O)N(C)c1ccccc12. The number of benzene rings is 1. The molecule has 0 saturated carbocycles. The average Bonchev–Trinajstić information content (AvgIpc) is 3.15. The molecule has 2 atom stereocenters. The highest BCUT2D eigenvalue weighted by Crippen LogP contribution is 2.53.